The lowest BCUT2D eigenvalue weighted by molar-refractivity contribution is -0.362. The molecule has 0 aliphatic heterocycles. The van der Waals surface area contributed by atoms with Gasteiger partial charge in [-0.15, -0.1) is 11.6 Å². The highest BCUT2D eigenvalue weighted by Crippen LogP contribution is 2.89. The van der Waals surface area contributed by atoms with Gasteiger partial charge < -0.3 is 5.73 Å². The monoisotopic (exact) mass is 455 g/mol. The van der Waals surface area contributed by atoms with Crippen molar-refractivity contribution in [3.8, 4) is 0 Å². The Kier molecular flexibility index (Phi) is 5.79. The summed E-state index contributed by atoms with van der Waals surface area (Å²) >= 11 is 6.40. The molecule has 4 aliphatic rings. The van der Waals surface area contributed by atoms with Gasteiger partial charge in [0.1, 0.15) is 0 Å². The third kappa shape index (κ3) is 2.75. The van der Waals surface area contributed by atoms with E-state index < -0.39 is 0 Å². The summed E-state index contributed by atoms with van der Waals surface area (Å²) in [6.45, 7) is 6.24. The van der Waals surface area contributed by atoms with Crippen LogP contribution in [0.4, 0.5) is 0 Å². The number of amides is 1. The first kappa shape index (κ1) is 22.6. The summed E-state index contributed by atoms with van der Waals surface area (Å²) < 4.78 is 0. The maximum atomic E-state index is 13.8. The van der Waals surface area contributed by atoms with E-state index >= 15 is 0 Å². The molecule has 32 heavy (non-hydrogen) atoms. The molecular formula is C27H38ClN3O. The van der Waals surface area contributed by atoms with Crippen molar-refractivity contribution in [2.24, 2.45) is 39.3 Å². The highest BCUT2D eigenvalue weighted by atomic mass is 35.5. The molecule has 0 heterocycles. The number of rotatable bonds is 7. The fourth-order valence-corrected chi connectivity index (χ4v) is 9.03. The zero-order valence-corrected chi connectivity index (χ0v) is 20.4. The van der Waals surface area contributed by atoms with Gasteiger partial charge in [0.05, 0.1) is 11.4 Å². The summed E-state index contributed by atoms with van der Waals surface area (Å²) in [6, 6.07) is 11.8. The third-order valence-electron chi connectivity index (χ3n) is 10.1. The quantitative estimate of drug-likeness (QED) is 0.357. The van der Waals surface area contributed by atoms with Crippen molar-refractivity contribution in [1.82, 2.24) is 4.90 Å². The average molecular weight is 456 g/mol. The minimum atomic E-state index is -0.310. The molecule has 0 aromatic heterocycles. The molecule has 5 heteroatoms. The lowest BCUT2D eigenvalue weighted by atomic mass is 9.15. The van der Waals surface area contributed by atoms with Crippen LogP contribution in [0.2, 0.25) is 0 Å². The molecule has 4 saturated carbocycles. The van der Waals surface area contributed by atoms with E-state index in [1.165, 1.54) is 5.56 Å². The Morgan fingerprint density at radius 2 is 1.94 bits per heavy atom. The van der Waals surface area contributed by atoms with Gasteiger partial charge in [-0.1, -0.05) is 44.2 Å². The molecule has 0 radical (unpaired) electrons. The Bertz CT molecular complexity index is 878. The topological polar surface area (TPSA) is 58.7 Å². The molecule has 5 rings (SSSR count). The van der Waals surface area contributed by atoms with Crippen LogP contribution in [0.3, 0.4) is 0 Å². The van der Waals surface area contributed by atoms with Crippen molar-refractivity contribution in [2.45, 2.75) is 70.3 Å². The van der Waals surface area contributed by atoms with Crippen molar-refractivity contribution in [3.63, 3.8) is 0 Å². The Morgan fingerprint density at radius 1 is 1.22 bits per heavy atom. The summed E-state index contributed by atoms with van der Waals surface area (Å²) in [7, 11) is 0. The normalized spacial score (nSPS) is 42.5. The van der Waals surface area contributed by atoms with E-state index in [9.17, 15) is 4.79 Å². The number of hydrogen-bond acceptors (Lipinski definition) is 3. The van der Waals surface area contributed by atoms with E-state index in [-0.39, 0.29) is 22.2 Å². The molecule has 5 atom stereocenters. The summed E-state index contributed by atoms with van der Waals surface area (Å²) in [5, 5.41) is 0. The van der Waals surface area contributed by atoms with Crippen molar-refractivity contribution < 1.29 is 4.79 Å². The Morgan fingerprint density at radius 3 is 2.53 bits per heavy atom. The molecular weight excluding hydrogens is 418 g/mol. The summed E-state index contributed by atoms with van der Waals surface area (Å²) in [6.07, 6.45) is 9.55. The summed E-state index contributed by atoms with van der Waals surface area (Å²) in [5.74, 6) is 1.72. The zero-order chi connectivity index (χ0) is 22.6. The molecule has 4 fully saturated rings. The summed E-state index contributed by atoms with van der Waals surface area (Å²) in [5.41, 5.74) is 7.00. The second-order valence-corrected chi connectivity index (χ2v) is 11.3. The van der Waals surface area contributed by atoms with E-state index in [2.05, 4.69) is 54.1 Å². The Labute approximate surface area is 198 Å². The SMILES string of the molecule is CCN(CCl)C1CC2(C(=O)/N=C/C3CCC(CN)CC3)CC3(c4ccccc4)CC(C)C123. The van der Waals surface area contributed by atoms with Crippen molar-refractivity contribution >= 4 is 23.7 Å². The molecule has 0 bridgehead atoms. The average Bonchev–Trinajstić information content (AvgIpc) is 2.81. The molecule has 0 saturated heterocycles. The van der Waals surface area contributed by atoms with Gasteiger partial charge in [-0.05, 0) is 81.4 Å². The number of aliphatic imine (C=N–C) groups is 1. The van der Waals surface area contributed by atoms with Crippen LogP contribution >= 0.6 is 11.6 Å². The van der Waals surface area contributed by atoms with Crippen LogP contribution in [0, 0.1) is 28.6 Å². The number of hydrogen-bond donors (Lipinski definition) is 1. The highest BCUT2D eigenvalue weighted by Gasteiger charge is 2.91. The smallest absolute Gasteiger partial charge is 0.252 e. The first-order valence-corrected chi connectivity index (χ1v) is 13.2. The number of carbonyl (C=O) groups is 1. The Balaban J connectivity index is 1.43. The fraction of sp³-hybridized carbons (Fsp3) is 0.704. The standard InChI is InChI=1S/C27H38ClN3O/c1-3-31(18-28)23-14-26(24(32)30-16-21-11-9-20(15-29)10-12-21)17-25(13-19(2)27(23,25)26)22-7-5-4-6-8-22/h4-8,16,19-21,23H,3,9-15,17-18,29H2,1-2H3/b30-16+. The molecule has 5 unspecified atom stereocenters. The molecule has 1 spiro atoms. The van der Waals surface area contributed by atoms with Gasteiger partial charge >= 0.3 is 0 Å². The van der Waals surface area contributed by atoms with Crippen LogP contribution in [0.25, 0.3) is 0 Å². The largest absolute Gasteiger partial charge is 0.330 e. The predicted molar refractivity (Wildman–Crippen MR) is 131 cm³/mol. The van der Waals surface area contributed by atoms with Gasteiger partial charge in [0.2, 0.25) is 0 Å². The molecule has 2 N–H and O–H groups in total. The van der Waals surface area contributed by atoms with Crippen molar-refractivity contribution in [2.75, 3.05) is 19.1 Å². The first-order chi connectivity index (χ1) is 15.5. The van der Waals surface area contributed by atoms with E-state index in [4.69, 9.17) is 17.3 Å². The second kappa shape index (κ2) is 8.21. The molecule has 1 aromatic rings. The Hall–Kier alpha value is -1.23. The number of benzene rings is 1. The molecule has 4 aliphatic carbocycles. The van der Waals surface area contributed by atoms with Crippen molar-refractivity contribution in [1.29, 1.82) is 0 Å². The van der Waals surface area contributed by atoms with Gasteiger partial charge in [-0.2, -0.15) is 0 Å². The van der Waals surface area contributed by atoms with Gasteiger partial charge in [-0.25, -0.2) is 4.99 Å². The van der Waals surface area contributed by atoms with Gasteiger partial charge in [0.25, 0.3) is 5.91 Å². The van der Waals surface area contributed by atoms with Crippen LogP contribution in [0.1, 0.15) is 64.4 Å². The summed E-state index contributed by atoms with van der Waals surface area (Å²) in [4.78, 5) is 20.8. The molecule has 174 valence electrons. The second-order valence-electron chi connectivity index (χ2n) is 11.0. The highest BCUT2D eigenvalue weighted by molar-refractivity contribution is 6.17. The minimum Gasteiger partial charge on any atom is -0.330 e. The maximum absolute atomic E-state index is 13.8. The van der Waals surface area contributed by atoms with Crippen LogP contribution < -0.4 is 5.73 Å². The molecule has 1 amide bonds. The van der Waals surface area contributed by atoms with Crippen LogP contribution in [-0.2, 0) is 10.2 Å². The minimum absolute atomic E-state index is 0.0299. The van der Waals surface area contributed by atoms with Gasteiger partial charge in [0, 0.05) is 23.1 Å². The predicted octanol–water partition coefficient (Wildman–Crippen LogP) is 4.99. The number of halogens is 1. The van der Waals surface area contributed by atoms with Crippen molar-refractivity contribution in [3.05, 3.63) is 35.9 Å². The lowest BCUT2D eigenvalue weighted by Gasteiger charge is -2.89. The van der Waals surface area contributed by atoms with Crippen LogP contribution in [0.15, 0.2) is 35.3 Å². The van der Waals surface area contributed by atoms with Gasteiger partial charge in [0.15, 0.2) is 0 Å². The zero-order valence-electron chi connectivity index (χ0n) is 19.6. The first-order valence-electron chi connectivity index (χ1n) is 12.6. The lowest BCUT2D eigenvalue weighted by Crippen LogP contribution is -2.91. The van der Waals surface area contributed by atoms with Crippen LogP contribution in [0.5, 0.6) is 0 Å². The number of nitrogens with two attached hydrogens (primary N) is 1. The number of alkyl halides is 1. The number of nitrogens with zero attached hydrogens (tertiary/aromatic N) is 2. The molecule has 1 aromatic carbocycles. The van der Waals surface area contributed by atoms with Crippen LogP contribution in [-0.4, -0.2) is 42.2 Å². The van der Waals surface area contributed by atoms with E-state index in [1.807, 2.05) is 6.21 Å². The van der Waals surface area contributed by atoms with E-state index in [0.29, 0.717) is 29.8 Å². The van der Waals surface area contributed by atoms with Gasteiger partial charge in [-0.3, -0.25) is 9.69 Å². The number of carbonyl (C=O) groups excluding carboxylic acids is 1. The maximum Gasteiger partial charge on any atom is 0.252 e. The fourth-order valence-electron chi connectivity index (χ4n) is 8.69. The van der Waals surface area contributed by atoms with E-state index in [1.54, 1.807) is 0 Å². The molecule has 4 nitrogen and oxygen atoms in total. The third-order valence-corrected chi connectivity index (χ3v) is 10.4. The van der Waals surface area contributed by atoms with E-state index in [0.717, 1.165) is 58.0 Å².